The molecule has 3 rings (SSSR count). The van der Waals surface area contributed by atoms with Crippen LogP contribution in [0.25, 0.3) is 0 Å². The number of amides is 1. The number of carbonyl (C=O) groups excluding carboxylic acids is 1. The first-order valence-corrected chi connectivity index (χ1v) is 9.10. The summed E-state index contributed by atoms with van der Waals surface area (Å²) in [4.78, 5) is 12.4. The van der Waals surface area contributed by atoms with Crippen LogP contribution < -0.4 is 5.32 Å². The number of benzene rings is 2. The van der Waals surface area contributed by atoms with E-state index in [2.05, 4.69) is 22.4 Å². The fourth-order valence-corrected chi connectivity index (χ4v) is 3.40. The Morgan fingerprint density at radius 2 is 1.92 bits per heavy atom. The normalized spacial score (nSPS) is 13.2. The summed E-state index contributed by atoms with van der Waals surface area (Å²) in [5.74, 6) is -0.609. The number of anilines is 1. The van der Waals surface area contributed by atoms with Gasteiger partial charge in [-0.3, -0.25) is 4.79 Å². The third kappa shape index (κ3) is 4.29. The molecule has 0 spiro atoms. The molecule has 0 aliphatic heterocycles. The molecule has 0 saturated carbocycles. The summed E-state index contributed by atoms with van der Waals surface area (Å²) < 4.78 is 15.2. The topological polar surface area (TPSA) is 59.8 Å². The Balaban J connectivity index is 1.69. The van der Waals surface area contributed by atoms with Crippen molar-refractivity contribution < 1.29 is 9.18 Å². The molecule has 1 aromatic heterocycles. The molecule has 1 N–H and O–H groups in total. The predicted octanol–water partition coefficient (Wildman–Crippen LogP) is 4.15. The van der Waals surface area contributed by atoms with Crippen LogP contribution in [-0.4, -0.2) is 25.9 Å². The lowest BCUT2D eigenvalue weighted by molar-refractivity contribution is -0.115. The van der Waals surface area contributed by atoms with Gasteiger partial charge in [-0.1, -0.05) is 48.2 Å². The highest BCUT2D eigenvalue weighted by molar-refractivity contribution is 8.00. The molecule has 7 heteroatoms. The second-order valence-electron chi connectivity index (χ2n) is 5.87. The van der Waals surface area contributed by atoms with E-state index in [1.807, 2.05) is 34.9 Å². The fraction of sp³-hybridized carbons (Fsp3) is 0.211. The van der Waals surface area contributed by atoms with Crippen LogP contribution in [0.3, 0.4) is 0 Å². The summed E-state index contributed by atoms with van der Waals surface area (Å²) in [5.41, 5.74) is 1.56. The van der Waals surface area contributed by atoms with Gasteiger partial charge in [-0.25, -0.2) is 4.39 Å². The van der Waals surface area contributed by atoms with E-state index in [4.69, 9.17) is 0 Å². The molecule has 0 saturated heterocycles. The maximum atomic E-state index is 13.2. The molecule has 1 amide bonds. The van der Waals surface area contributed by atoms with E-state index in [0.29, 0.717) is 10.8 Å². The summed E-state index contributed by atoms with van der Waals surface area (Å²) in [6.07, 6.45) is 1.66. The number of aromatic nitrogens is 3. The van der Waals surface area contributed by atoms with E-state index in [-0.39, 0.29) is 17.8 Å². The summed E-state index contributed by atoms with van der Waals surface area (Å²) in [6.45, 7) is 3.84. The highest BCUT2D eigenvalue weighted by Crippen LogP contribution is 2.27. The number of nitrogens with zero attached hydrogens (tertiary/aromatic N) is 3. The SMILES string of the molecule is C[C@H](c1ccccc1)n1cnnc1S[C@H](C)C(=O)Nc1cccc(F)c1. The van der Waals surface area contributed by atoms with Crippen LogP contribution in [0.15, 0.2) is 66.1 Å². The van der Waals surface area contributed by atoms with Crippen molar-refractivity contribution in [3.05, 3.63) is 72.3 Å². The lowest BCUT2D eigenvalue weighted by Gasteiger charge is -2.17. The summed E-state index contributed by atoms with van der Waals surface area (Å²) >= 11 is 1.31. The Bertz CT molecular complexity index is 884. The van der Waals surface area contributed by atoms with Gasteiger partial charge in [0.05, 0.1) is 11.3 Å². The van der Waals surface area contributed by atoms with Gasteiger partial charge in [0.1, 0.15) is 12.1 Å². The molecule has 134 valence electrons. The van der Waals surface area contributed by atoms with Crippen molar-refractivity contribution in [3.63, 3.8) is 0 Å². The highest BCUT2D eigenvalue weighted by Gasteiger charge is 2.20. The van der Waals surface area contributed by atoms with Crippen LogP contribution in [0, 0.1) is 5.82 Å². The van der Waals surface area contributed by atoms with Gasteiger partial charge in [-0.2, -0.15) is 0 Å². The Labute approximate surface area is 155 Å². The van der Waals surface area contributed by atoms with E-state index in [0.717, 1.165) is 5.56 Å². The smallest absolute Gasteiger partial charge is 0.237 e. The number of hydrogen-bond acceptors (Lipinski definition) is 4. The molecule has 0 unspecified atom stereocenters. The van der Waals surface area contributed by atoms with Crippen molar-refractivity contribution in [2.75, 3.05) is 5.32 Å². The second kappa shape index (κ2) is 8.14. The Morgan fingerprint density at radius 1 is 1.15 bits per heavy atom. The van der Waals surface area contributed by atoms with Crippen molar-refractivity contribution in [1.29, 1.82) is 0 Å². The molecule has 2 atom stereocenters. The molecule has 5 nitrogen and oxygen atoms in total. The van der Waals surface area contributed by atoms with Gasteiger partial charge in [0.25, 0.3) is 0 Å². The molecule has 0 aliphatic rings. The third-order valence-corrected chi connectivity index (χ3v) is 5.05. The van der Waals surface area contributed by atoms with Crippen LogP contribution in [0.2, 0.25) is 0 Å². The fourth-order valence-electron chi connectivity index (χ4n) is 2.50. The largest absolute Gasteiger partial charge is 0.325 e. The Hall–Kier alpha value is -2.67. The van der Waals surface area contributed by atoms with Crippen molar-refractivity contribution in [2.24, 2.45) is 0 Å². The quantitative estimate of drug-likeness (QED) is 0.663. The van der Waals surface area contributed by atoms with Crippen LogP contribution in [0.4, 0.5) is 10.1 Å². The summed E-state index contributed by atoms with van der Waals surface area (Å²) in [5, 5.41) is 11.1. The van der Waals surface area contributed by atoms with Gasteiger partial charge in [-0.15, -0.1) is 10.2 Å². The van der Waals surface area contributed by atoms with E-state index in [1.165, 1.54) is 23.9 Å². The van der Waals surface area contributed by atoms with Gasteiger partial charge >= 0.3 is 0 Å². The van der Waals surface area contributed by atoms with E-state index >= 15 is 0 Å². The molecule has 0 aliphatic carbocycles. The lowest BCUT2D eigenvalue weighted by atomic mass is 10.1. The summed E-state index contributed by atoms with van der Waals surface area (Å²) in [7, 11) is 0. The number of halogens is 1. The van der Waals surface area contributed by atoms with Gasteiger partial charge < -0.3 is 9.88 Å². The molecular formula is C19H19FN4OS. The van der Waals surface area contributed by atoms with Crippen LogP contribution in [-0.2, 0) is 4.79 Å². The van der Waals surface area contributed by atoms with Gasteiger partial charge in [0.15, 0.2) is 5.16 Å². The number of nitrogens with one attached hydrogen (secondary N) is 1. The van der Waals surface area contributed by atoms with Crippen molar-refractivity contribution in [3.8, 4) is 0 Å². The molecule has 0 radical (unpaired) electrons. The van der Waals surface area contributed by atoms with Gasteiger partial charge in [0, 0.05) is 5.69 Å². The minimum atomic E-state index is -0.413. The first-order chi connectivity index (χ1) is 12.5. The minimum Gasteiger partial charge on any atom is -0.325 e. The predicted molar refractivity (Wildman–Crippen MR) is 101 cm³/mol. The van der Waals surface area contributed by atoms with Crippen molar-refractivity contribution in [2.45, 2.75) is 30.3 Å². The van der Waals surface area contributed by atoms with E-state index < -0.39 is 5.25 Å². The first-order valence-electron chi connectivity index (χ1n) is 8.22. The average molecular weight is 370 g/mol. The van der Waals surface area contributed by atoms with Crippen LogP contribution in [0.5, 0.6) is 0 Å². The standard InChI is InChI=1S/C19H19FN4OS/c1-13(15-7-4-3-5-8-15)24-12-21-23-19(24)26-14(2)18(25)22-17-10-6-9-16(20)11-17/h3-14H,1-2H3,(H,22,25)/t13-,14-/m1/s1. The first kappa shape index (κ1) is 18.1. The lowest BCUT2D eigenvalue weighted by Crippen LogP contribution is -2.23. The number of rotatable bonds is 6. The highest BCUT2D eigenvalue weighted by atomic mass is 32.2. The van der Waals surface area contributed by atoms with E-state index in [9.17, 15) is 9.18 Å². The number of thioether (sulfide) groups is 1. The Morgan fingerprint density at radius 3 is 2.65 bits per heavy atom. The van der Waals surface area contributed by atoms with Gasteiger partial charge in [-0.05, 0) is 37.6 Å². The summed E-state index contributed by atoms with van der Waals surface area (Å²) in [6, 6.07) is 15.9. The molecular weight excluding hydrogens is 351 g/mol. The number of hydrogen-bond donors (Lipinski definition) is 1. The maximum absolute atomic E-state index is 13.2. The average Bonchev–Trinajstić information content (AvgIpc) is 3.10. The number of carbonyl (C=O) groups is 1. The zero-order valence-corrected chi connectivity index (χ0v) is 15.3. The minimum absolute atomic E-state index is 0.0483. The van der Waals surface area contributed by atoms with Crippen molar-refractivity contribution >= 4 is 23.4 Å². The third-order valence-electron chi connectivity index (χ3n) is 3.98. The van der Waals surface area contributed by atoms with Gasteiger partial charge in [0.2, 0.25) is 5.91 Å². The van der Waals surface area contributed by atoms with Crippen molar-refractivity contribution in [1.82, 2.24) is 14.8 Å². The van der Waals surface area contributed by atoms with E-state index in [1.54, 1.807) is 25.4 Å². The zero-order valence-electron chi connectivity index (χ0n) is 14.5. The molecule has 3 aromatic rings. The monoisotopic (exact) mass is 370 g/mol. The molecule has 0 fully saturated rings. The molecule has 26 heavy (non-hydrogen) atoms. The maximum Gasteiger partial charge on any atom is 0.237 e. The Kier molecular flexibility index (Phi) is 5.68. The zero-order chi connectivity index (χ0) is 18.5. The van der Waals surface area contributed by atoms with Crippen LogP contribution >= 0.6 is 11.8 Å². The van der Waals surface area contributed by atoms with Crippen LogP contribution in [0.1, 0.15) is 25.5 Å². The second-order valence-corrected chi connectivity index (χ2v) is 7.18. The molecule has 2 aromatic carbocycles. The molecule has 0 bridgehead atoms. The molecule has 1 heterocycles.